The summed E-state index contributed by atoms with van der Waals surface area (Å²) in [5, 5.41) is 5.14. The molecule has 25 heavy (non-hydrogen) atoms. The summed E-state index contributed by atoms with van der Waals surface area (Å²) in [5.74, 6) is -0.628. The van der Waals surface area contributed by atoms with Crippen LogP contribution in [-0.4, -0.2) is 55.0 Å². The van der Waals surface area contributed by atoms with Crippen molar-refractivity contribution in [1.82, 2.24) is 15.1 Å². The van der Waals surface area contributed by atoms with Crippen molar-refractivity contribution in [2.45, 2.75) is 19.0 Å². The fourth-order valence-electron chi connectivity index (χ4n) is 3.30. The maximum absolute atomic E-state index is 13.4. The molecule has 2 atom stereocenters. The van der Waals surface area contributed by atoms with E-state index in [0.29, 0.717) is 5.56 Å². The molecule has 0 saturated carbocycles. The van der Waals surface area contributed by atoms with Crippen LogP contribution in [0.3, 0.4) is 0 Å². The highest BCUT2D eigenvalue weighted by Crippen LogP contribution is 2.29. The lowest BCUT2D eigenvalue weighted by Gasteiger charge is -2.40. The summed E-state index contributed by atoms with van der Waals surface area (Å²) >= 11 is 1.71. The van der Waals surface area contributed by atoms with Gasteiger partial charge in [0.05, 0.1) is 6.04 Å². The molecule has 6 heteroatoms. The first kappa shape index (κ1) is 18.0. The Bertz CT molecular complexity index is 698. The van der Waals surface area contributed by atoms with E-state index in [0.717, 1.165) is 26.2 Å². The summed E-state index contributed by atoms with van der Waals surface area (Å²) in [4.78, 5) is 18.5. The molecular weight excluding hydrogens is 337 g/mol. The van der Waals surface area contributed by atoms with Gasteiger partial charge in [-0.1, -0.05) is 12.1 Å². The topological polar surface area (TPSA) is 35.6 Å². The molecule has 1 fully saturated rings. The zero-order valence-electron chi connectivity index (χ0n) is 14.6. The maximum atomic E-state index is 13.4. The van der Waals surface area contributed by atoms with Gasteiger partial charge in [-0.2, -0.15) is 0 Å². The Balaban J connectivity index is 1.75. The summed E-state index contributed by atoms with van der Waals surface area (Å²) in [6.07, 6.45) is 0. The van der Waals surface area contributed by atoms with Gasteiger partial charge in [0.25, 0.3) is 5.91 Å². The van der Waals surface area contributed by atoms with Crippen molar-refractivity contribution in [3.05, 3.63) is 58.0 Å². The third-order valence-electron chi connectivity index (χ3n) is 4.69. The number of benzene rings is 1. The first-order valence-corrected chi connectivity index (χ1v) is 9.45. The van der Waals surface area contributed by atoms with Crippen LogP contribution in [0, 0.1) is 5.82 Å². The zero-order chi connectivity index (χ0) is 17.8. The molecule has 0 radical (unpaired) electrons. The van der Waals surface area contributed by atoms with Crippen molar-refractivity contribution in [3.8, 4) is 0 Å². The number of carbonyl (C=O) groups excluding carboxylic acids is 1. The Morgan fingerprint density at radius 3 is 2.60 bits per heavy atom. The molecule has 1 aromatic heterocycles. The summed E-state index contributed by atoms with van der Waals surface area (Å²) in [5.41, 5.74) is 0.357. The molecule has 4 nitrogen and oxygen atoms in total. The lowest BCUT2D eigenvalue weighted by molar-refractivity contribution is 0.0799. The molecule has 134 valence electrons. The molecule has 1 aromatic carbocycles. The highest BCUT2D eigenvalue weighted by atomic mass is 32.1. The van der Waals surface area contributed by atoms with E-state index in [4.69, 9.17) is 0 Å². The van der Waals surface area contributed by atoms with Crippen LogP contribution in [0.4, 0.5) is 4.39 Å². The van der Waals surface area contributed by atoms with Gasteiger partial charge >= 0.3 is 0 Å². The summed E-state index contributed by atoms with van der Waals surface area (Å²) in [7, 11) is 2.13. The van der Waals surface area contributed by atoms with Crippen LogP contribution >= 0.6 is 11.3 Å². The number of piperazine rings is 1. The van der Waals surface area contributed by atoms with E-state index in [2.05, 4.69) is 33.6 Å². The number of nitrogens with zero attached hydrogens (tertiary/aromatic N) is 2. The minimum absolute atomic E-state index is 0.0715. The minimum Gasteiger partial charge on any atom is -0.348 e. The maximum Gasteiger partial charge on any atom is 0.251 e. The first-order valence-electron chi connectivity index (χ1n) is 8.57. The van der Waals surface area contributed by atoms with Crippen LogP contribution in [0.15, 0.2) is 41.8 Å². The van der Waals surface area contributed by atoms with E-state index in [9.17, 15) is 9.18 Å². The van der Waals surface area contributed by atoms with Gasteiger partial charge in [-0.15, -0.1) is 11.3 Å². The van der Waals surface area contributed by atoms with E-state index in [-0.39, 0.29) is 18.0 Å². The number of amides is 1. The Kier molecular flexibility index (Phi) is 5.83. The lowest BCUT2D eigenvalue weighted by Crippen LogP contribution is -2.51. The molecule has 0 bridgehead atoms. The number of likely N-dealkylation sites (N-methyl/N-ethyl adjacent to an activating group) is 1. The van der Waals surface area contributed by atoms with Gasteiger partial charge in [-0.3, -0.25) is 9.69 Å². The number of thiophene rings is 1. The molecule has 0 spiro atoms. The molecular formula is C19H24FN3OS. The van der Waals surface area contributed by atoms with E-state index in [1.54, 1.807) is 23.5 Å². The third kappa shape index (κ3) is 4.45. The monoisotopic (exact) mass is 361 g/mol. The Morgan fingerprint density at radius 2 is 1.96 bits per heavy atom. The van der Waals surface area contributed by atoms with Crippen molar-refractivity contribution in [2.24, 2.45) is 0 Å². The Morgan fingerprint density at radius 1 is 1.20 bits per heavy atom. The average Bonchev–Trinajstić information content (AvgIpc) is 3.11. The van der Waals surface area contributed by atoms with Gasteiger partial charge in [0.1, 0.15) is 5.82 Å². The van der Waals surface area contributed by atoms with Gasteiger partial charge in [-0.05, 0) is 43.6 Å². The number of hydrogen-bond acceptors (Lipinski definition) is 4. The largest absolute Gasteiger partial charge is 0.348 e. The number of halogens is 1. The average molecular weight is 361 g/mol. The number of hydrogen-bond donors (Lipinski definition) is 1. The molecule has 1 N–H and O–H groups in total. The van der Waals surface area contributed by atoms with Crippen molar-refractivity contribution in [2.75, 3.05) is 33.2 Å². The summed E-state index contributed by atoms with van der Waals surface area (Å²) < 4.78 is 13.4. The molecule has 1 amide bonds. The highest BCUT2D eigenvalue weighted by Gasteiger charge is 2.30. The van der Waals surface area contributed by atoms with Crippen molar-refractivity contribution < 1.29 is 9.18 Å². The zero-order valence-corrected chi connectivity index (χ0v) is 15.4. The predicted octanol–water partition coefficient (Wildman–Crippen LogP) is 2.99. The van der Waals surface area contributed by atoms with Gasteiger partial charge in [0, 0.05) is 42.7 Å². The van der Waals surface area contributed by atoms with Gasteiger partial charge in [-0.25, -0.2) is 4.39 Å². The molecule has 1 aliphatic heterocycles. The smallest absolute Gasteiger partial charge is 0.251 e. The van der Waals surface area contributed by atoms with Crippen LogP contribution in [0.1, 0.15) is 28.2 Å². The normalized spacial score (nSPS) is 18.7. The lowest BCUT2D eigenvalue weighted by atomic mass is 10.0. The predicted molar refractivity (Wildman–Crippen MR) is 99.5 cm³/mol. The van der Waals surface area contributed by atoms with Crippen molar-refractivity contribution in [1.29, 1.82) is 0 Å². The van der Waals surface area contributed by atoms with Crippen LogP contribution in [-0.2, 0) is 0 Å². The molecule has 0 unspecified atom stereocenters. The van der Waals surface area contributed by atoms with Crippen molar-refractivity contribution >= 4 is 17.2 Å². The van der Waals surface area contributed by atoms with Crippen molar-refractivity contribution in [3.63, 3.8) is 0 Å². The SMILES string of the molecule is C[C@@H](NC(=O)c1cccc(F)c1)[C@H](c1cccs1)N1CCN(C)CC1. The standard InChI is InChI=1S/C19H24FN3OS/c1-14(21-19(24)15-5-3-6-16(20)13-15)18(17-7-4-12-25-17)23-10-8-22(2)9-11-23/h3-7,12-14,18H,8-11H2,1-2H3,(H,21,24)/t14-,18-/m1/s1. The van der Waals surface area contributed by atoms with Gasteiger partial charge in [0.15, 0.2) is 0 Å². The van der Waals surface area contributed by atoms with E-state index in [1.165, 1.54) is 17.0 Å². The second-order valence-corrected chi connectivity index (χ2v) is 7.55. The number of carbonyl (C=O) groups is 1. The molecule has 2 aromatic rings. The molecule has 3 rings (SSSR count). The summed E-state index contributed by atoms with van der Waals surface area (Å²) in [6.45, 7) is 6.01. The minimum atomic E-state index is -0.394. The third-order valence-corrected chi connectivity index (χ3v) is 5.63. The van der Waals surface area contributed by atoms with Crippen LogP contribution < -0.4 is 5.32 Å². The van der Waals surface area contributed by atoms with E-state index < -0.39 is 5.82 Å². The van der Waals surface area contributed by atoms with Crippen LogP contribution in [0.5, 0.6) is 0 Å². The number of rotatable bonds is 5. The van der Waals surface area contributed by atoms with Gasteiger partial charge in [0.2, 0.25) is 0 Å². The Labute approximate surface area is 152 Å². The second kappa shape index (κ2) is 8.08. The fraction of sp³-hybridized carbons (Fsp3) is 0.421. The molecule has 2 heterocycles. The highest BCUT2D eigenvalue weighted by molar-refractivity contribution is 7.10. The number of nitrogens with one attached hydrogen (secondary N) is 1. The molecule has 1 aliphatic rings. The van der Waals surface area contributed by atoms with Gasteiger partial charge < -0.3 is 10.2 Å². The summed E-state index contributed by atoms with van der Waals surface area (Å²) in [6, 6.07) is 10.1. The molecule has 0 aliphatic carbocycles. The quantitative estimate of drug-likeness (QED) is 0.889. The van der Waals surface area contributed by atoms with Crippen LogP contribution in [0.2, 0.25) is 0 Å². The Hall–Kier alpha value is -1.76. The van der Waals surface area contributed by atoms with Crippen LogP contribution in [0.25, 0.3) is 0 Å². The second-order valence-electron chi connectivity index (χ2n) is 6.57. The van der Waals surface area contributed by atoms with E-state index in [1.807, 2.05) is 13.0 Å². The van der Waals surface area contributed by atoms with E-state index >= 15 is 0 Å². The first-order chi connectivity index (χ1) is 12.0. The molecule has 1 saturated heterocycles. The fourth-order valence-corrected chi connectivity index (χ4v) is 4.27.